The van der Waals surface area contributed by atoms with Crippen LogP contribution in [0.15, 0.2) is 54.6 Å². The Morgan fingerprint density at radius 2 is 1.59 bits per heavy atom. The first-order valence-electron chi connectivity index (χ1n) is 7.84. The summed E-state index contributed by atoms with van der Waals surface area (Å²) in [4.78, 5) is 4.95. The van der Waals surface area contributed by atoms with E-state index in [0.29, 0.717) is 0 Å². The monoisotopic (exact) mass is 292 g/mol. The van der Waals surface area contributed by atoms with Crippen LogP contribution in [0.3, 0.4) is 0 Å². The predicted octanol–water partition coefficient (Wildman–Crippen LogP) is 2.89. The fourth-order valence-corrected chi connectivity index (χ4v) is 3.16. The largest absolute Gasteiger partial charge is 0.369 e. The van der Waals surface area contributed by atoms with Crippen molar-refractivity contribution >= 4 is 16.6 Å². The maximum absolute atomic E-state index is 4.49. The number of nitrogens with zero attached hydrogens (tertiary/aromatic N) is 3. The van der Waals surface area contributed by atoms with Crippen LogP contribution in [0.2, 0.25) is 0 Å². The van der Waals surface area contributed by atoms with Crippen LogP contribution in [0, 0.1) is 0 Å². The third-order valence-corrected chi connectivity index (χ3v) is 4.42. The lowest BCUT2D eigenvalue weighted by atomic mass is 10.2. The maximum Gasteiger partial charge on any atom is 0.0840 e. The van der Waals surface area contributed by atoms with Gasteiger partial charge in [0.2, 0.25) is 0 Å². The number of rotatable bonds is 3. The van der Waals surface area contributed by atoms with E-state index in [1.165, 1.54) is 11.1 Å². The second kappa shape index (κ2) is 5.81. The molecule has 1 N–H and O–H groups in total. The molecule has 1 aromatic heterocycles. The number of hydrogen-bond donors (Lipinski definition) is 1. The van der Waals surface area contributed by atoms with Crippen LogP contribution < -0.4 is 4.90 Å². The summed E-state index contributed by atoms with van der Waals surface area (Å²) >= 11 is 0. The van der Waals surface area contributed by atoms with Gasteiger partial charge in [0.1, 0.15) is 0 Å². The Balaban J connectivity index is 1.42. The molecule has 1 aliphatic heterocycles. The molecule has 2 aromatic carbocycles. The van der Waals surface area contributed by atoms with Crippen LogP contribution in [-0.4, -0.2) is 41.3 Å². The molecule has 0 aliphatic carbocycles. The highest BCUT2D eigenvalue weighted by Gasteiger charge is 2.18. The zero-order valence-electron chi connectivity index (χ0n) is 12.6. The van der Waals surface area contributed by atoms with Crippen LogP contribution in [-0.2, 0) is 6.54 Å². The van der Waals surface area contributed by atoms with Crippen molar-refractivity contribution in [3.05, 3.63) is 60.3 Å². The molecule has 1 fully saturated rings. The summed E-state index contributed by atoms with van der Waals surface area (Å²) in [6.45, 7) is 5.23. The summed E-state index contributed by atoms with van der Waals surface area (Å²) in [5.41, 5.74) is 3.61. The van der Waals surface area contributed by atoms with Crippen LogP contribution in [0.5, 0.6) is 0 Å². The van der Waals surface area contributed by atoms with Gasteiger partial charge in [-0.05, 0) is 18.2 Å². The van der Waals surface area contributed by atoms with Crippen molar-refractivity contribution in [1.82, 2.24) is 15.1 Å². The topological polar surface area (TPSA) is 35.2 Å². The quantitative estimate of drug-likeness (QED) is 0.806. The molecule has 0 spiro atoms. The molecule has 0 saturated carbocycles. The molecule has 0 amide bonds. The molecular formula is C18H20N4. The number of aromatic amines is 1. The number of fused-ring (bicyclic) bond motifs is 1. The molecule has 0 radical (unpaired) electrons. The summed E-state index contributed by atoms with van der Waals surface area (Å²) < 4.78 is 0. The van der Waals surface area contributed by atoms with Crippen molar-refractivity contribution in [3.63, 3.8) is 0 Å². The van der Waals surface area contributed by atoms with E-state index in [-0.39, 0.29) is 0 Å². The van der Waals surface area contributed by atoms with Crippen LogP contribution in [0.25, 0.3) is 10.9 Å². The summed E-state index contributed by atoms with van der Waals surface area (Å²) in [6, 6.07) is 19.0. The molecule has 2 heterocycles. The number of hydrogen-bond acceptors (Lipinski definition) is 3. The lowest BCUT2D eigenvalue weighted by Crippen LogP contribution is -2.46. The van der Waals surface area contributed by atoms with E-state index in [0.717, 1.165) is 43.9 Å². The second-order valence-corrected chi connectivity index (χ2v) is 5.81. The maximum atomic E-state index is 4.49. The molecule has 112 valence electrons. The molecule has 22 heavy (non-hydrogen) atoms. The highest BCUT2D eigenvalue weighted by atomic mass is 15.3. The number of nitrogens with one attached hydrogen (secondary N) is 1. The number of piperazine rings is 1. The lowest BCUT2D eigenvalue weighted by Gasteiger charge is -2.35. The first-order chi connectivity index (χ1) is 10.9. The third kappa shape index (κ3) is 2.57. The van der Waals surface area contributed by atoms with Crippen molar-refractivity contribution in [1.29, 1.82) is 0 Å². The predicted molar refractivity (Wildman–Crippen MR) is 90.0 cm³/mol. The van der Waals surface area contributed by atoms with E-state index in [4.69, 9.17) is 0 Å². The Kier molecular flexibility index (Phi) is 3.52. The van der Waals surface area contributed by atoms with Gasteiger partial charge >= 0.3 is 0 Å². The minimum Gasteiger partial charge on any atom is -0.369 e. The molecule has 0 unspecified atom stereocenters. The summed E-state index contributed by atoms with van der Waals surface area (Å²) in [6.07, 6.45) is 0. The average Bonchev–Trinajstić information content (AvgIpc) is 3.00. The first kappa shape index (κ1) is 13.3. The van der Waals surface area contributed by atoms with Gasteiger partial charge in [0.25, 0.3) is 0 Å². The second-order valence-electron chi connectivity index (χ2n) is 5.81. The highest BCUT2D eigenvalue weighted by Crippen LogP contribution is 2.19. The minimum absolute atomic E-state index is 0.923. The number of para-hydroxylation sites is 2. The van der Waals surface area contributed by atoms with Crippen LogP contribution >= 0.6 is 0 Å². The number of anilines is 1. The summed E-state index contributed by atoms with van der Waals surface area (Å²) in [5.74, 6) is 0. The van der Waals surface area contributed by atoms with Gasteiger partial charge in [-0.25, -0.2) is 0 Å². The fourth-order valence-electron chi connectivity index (χ4n) is 3.16. The van der Waals surface area contributed by atoms with Gasteiger partial charge < -0.3 is 4.90 Å². The van der Waals surface area contributed by atoms with E-state index in [2.05, 4.69) is 68.5 Å². The molecule has 1 aliphatic rings. The van der Waals surface area contributed by atoms with Gasteiger partial charge in [0, 0.05) is 43.8 Å². The zero-order valence-corrected chi connectivity index (χ0v) is 12.6. The molecule has 3 aromatic rings. The highest BCUT2D eigenvalue weighted by molar-refractivity contribution is 5.81. The van der Waals surface area contributed by atoms with Crippen LogP contribution in [0.4, 0.5) is 5.69 Å². The van der Waals surface area contributed by atoms with Crippen molar-refractivity contribution < 1.29 is 0 Å². The Hall–Kier alpha value is -2.33. The Morgan fingerprint density at radius 1 is 0.864 bits per heavy atom. The minimum atomic E-state index is 0.923. The third-order valence-electron chi connectivity index (χ3n) is 4.42. The normalized spacial score (nSPS) is 16.3. The van der Waals surface area contributed by atoms with E-state index in [9.17, 15) is 0 Å². The van der Waals surface area contributed by atoms with Gasteiger partial charge in [-0.2, -0.15) is 5.10 Å². The summed E-state index contributed by atoms with van der Waals surface area (Å²) in [7, 11) is 0. The smallest absolute Gasteiger partial charge is 0.0840 e. The van der Waals surface area contributed by atoms with Gasteiger partial charge in [-0.15, -0.1) is 0 Å². The fraction of sp³-hybridized carbons (Fsp3) is 0.278. The summed E-state index contributed by atoms with van der Waals surface area (Å²) in [5, 5.41) is 8.86. The molecule has 0 atom stereocenters. The Bertz CT molecular complexity index is 742. The molecule has 4 nitrogen and oxygen atoms in total. The van der Waals surface area contributed by atoms with Gasteiger partial charge in [-0.3, -0.25) is 10.00 Å². The van der Waals surface area contributed by atoms with Crippen molar-refractivity contribution in [2.24, 2.45) is 0 Å². The van der Waals surface area contributed by atoms with E-state index in [1.54, 1.807) is 0 Å². The number of aromatic nitrogens is 2. The standard InChI is InChI=1S/C18H20N4/c1-2-6-15(7-3-1)22-12-10-21(11-13-22)14-18-16-8-4-5-9-17(16)19-20-18/h1-9H,10-14H2,(H,19,20). The Morgan fingerprint density at radius 3 is 2.41 bits per heavy atom. The molecule has 0 bridgehead atoms. The molecule has 4 heteroatoms. The van der Waals surface area contributed by atoms with E-state index >= 15 is 0 Å². The first-order valence-corrected chi connectivity index (χ1v) is 7.84. The van der Waals surface area contributed by atoms with Gasteiger partial charge in [0.05, 0.1) is 11.2 Å². The number of benzene rings is 2. The van der Waals surface area contributed by atoms with Gasteiger partial charge in [0.15, 0.2) is 0 Å². The molecular weight excluding hydrogens is 272 g/mol. The molecule has 4 rings (SSSR count). The van der Waals surface area contributed by atoms with Crippen molar-refractivity contribution in [2.45, 2.75) is 6.54 Å². The average molecular weight is 292 g/mol. The van der Waals surface area contributed by atoms with Crippen molar-refractivity contribution in [2.75, 3.05) is 31.1 Å². The SMILES string of the molecule is c1ccc(N2CCN(Cc3n[nH]c4ccccc34)CC2)cc1. The van der Waals surface area contributed by atoms with E-state index < -0.39 is 0 Å². The van der Waals surface area contributed by atoms with E-state index in [1.807, 2.05) is 6.07 Å². The number of H-pyrrole nitrogens is 1. The van der Waals surface area contributed by atoms with Crippen LogP contribution in [0.1, 0.15) is 5.69 Å². The Labute approximate surface area is 130 Å². The zero-order chi connectivity index (χ0) is 14.8. The lowest BCUT2D eigenvalue weighted by molar-refractivity contribution is 0.248. The van der Waals surface area contributed by atoms with Crippen molar-refractivity contribution in [3.8, 4) is 0 Å². The van der Waals surface area contributed by atoms with Gasteiger partial charge in [-0.1, -0.05) is 36.4 Å². The molecule has 1 saturated heterocycles.